The number of hydrogen-bond donors (Lipinski definition) is 1. The molecule has 0 bridgehead atoms. The van der Waals surface area contributed by atoms with Gasteiger partial charge in [-0.05, 0) is 29.8 Å². The van der Waals surface area contributed by atoms with Crippen LogP contribution in [0.25, 0.3) is 0 Å². The molecule has 0 radical (unpaired) electrons. The molecule has 2 aromatic rings. The van der Waals surface area contributed by atoms with Crippen LogP contribution in [0.5, 0.6) is 0 Å². The third-order valence-electron chi connectivity index (χ3n) is 2.47. The normalized spacial score (nSPS) is 9.65. The first-order chi connectivity index (χ1) is 8.29. The number of halogens is 1. The van der Waals surface area contributed by atoms with E-state index in [-0.39, 0.29) is 0 Å². The number of anilines is 1. The predicted molar refractivity (Wildman–Crippen MR) is 75.8 cm³/mol. The minimum atomic E-state index is 0.773. The van der Waals surface area contributed by atoms with Crippen molar-refractivity contribution in [3.8, 4) is 12.3 Å². The van der Waals surface area contributed by atoms with E-state index in [9.17, 15) is 0 Å². The van der Waals surface area contributed by atoms with Gasteiger partial charge in [-0.2, -0.15) is 0 Å². The fourth-order valence-electron chi connectivity index (χ4n) is 1.56. The summed E-state index contributed by atoms with van der Waals surface area (Å²) in [6.45, 7) is 0.773. The Bertz CT molecular complexity index is 555. The molecule has 0 spiro atoms. The molecule has 0 atom stereocenters. The van der Waals surface area contributed by atoms with Gasteiger partial charge in [0.25, 0.3) is 0 Å². The lowest BCUT2D eigenvalue weighted by atomic mass is 10.2. The summed E-state index contributed by atoms with van der Waals surface area (Å²) in [5.41, 5.74) is 3.15. The van der Waals surface area contributed by atoms with Crippen LogP contribution in [0.2, 0.25) is 0 Å². The van der Waals surface area contributed by atoms with Crippen molar-refractivity contribution in [2.75, 3.05) is 5.32 Å². The van der Waals surface area contributed by atoms with Crippen LogP contribution in [-0.2, 0) is 6.54 Å². The summed E-state index contributed by atoms with van der Waals surface area (Å²) in [5, 5.41) is 3.35. The number of benzene rings is 2. The van der Waals surface area contributed by atoms with Gasteiger partial charge in [-0.25, -0.2) is 0 Å². The lowest BCUT2D eigenvalue weighted by Gasteiger charge is -2.08. The number of hydrogen-bond acceptors (Lipinski definition) is 1. The highest BCUT2D eigenvalue weighted by molar-refractivity contribution is 9.10. The lowest BCUT2D eigenvalue weighted by molar-refractivity contribution is 1.14. The van der Waals surface area contributed by atoms with Crippen molar-refractivity contribution in [1.82, 2.24) is 0 Å². The predicted octanol–water partition coefficient (Wildman–Crippen LogP) is 4.04. The van der Waals surface area contributed by atoms with E-state index in [1.165, 1.54) is 5.56 Å². The Morgan fingerprint density at radius 2 is 1.94 bits per heavy atom. The summed E-state index contributed by atoms with van der Waals surface area (Å²) in [6, 6.07) is 16.0. The highest BCUT2D eigenvalue weighted by Crippen LogP contribution is 2.18. The summed E-state index contributed by atoms with van der Waals surface area (Å²) in [5.74, 6) is 2.63. The van der Waals surface area contributed by atoms with Gasteiger partial charge in [-0.1, -0.05) is 46.1 Å². The van der Waals surface area contributed by atoms with E-state index < -0.39 is 0 Å². The average Bonchev–Trinajstić information content (AvgIpc) is 2.38. The lowest BCUT2D eigenvalue weighted by Crippen LogP contribution is -2.00. The molecule has 1 nitrogen and oxygen atoms in total. The zero-order valence-corrected chi connectivity index (χ0v) is 10.9. The van der Waals surface area contributed by atoms with Crippen LogP contribution < -0.4 is 5.32 Å². The quantitative estimate of drug-likeness (QED) is 0.840. The Labute approximate surface area is 110 Å². The number of nitrogens with one attached hydrogen (secondary N) is 1. The molecule has 1 N–H and O–H groups in total. The van der Waals surface area contributed by atoms with Gasteiger partial charge in [0.2, 0.25) is 0 Å². The Hall–Kier alpha value is -1.72. The van der Waals surface area contributed by atoms with E-state index in [0.29, 0.717) is 0 Å². The van der Waals surface area contributed by atoms with Crippen LogP contribution in [0.15, 0.2) is 53.0 Å². The fraction of sp³-hybridized carbons (Fsp3) is 0.0667. The minimum Gasteiger partial charge on any atom is -0.381 e. The fourth-order valence-corrected chi connectivity index (χ4v) is 1.98. The molecule has 0 aromatic heterocycles. The van der Waals surface area contributed by atoms with E-state index in [4.69, 9.17) is 6.42 Å². The van der Waals surface area contributed by atoms with Crippen molar-refractivity contribution in [2.45, 2.75) is 6.54 Å². The van der Waals surface area contributed by atoms with Gasteiger partial charge >= 0.3 is 0 Å². The first-order valence-corrected chi connectivity index (χ1v) is 6.13. The molecule has 2 heteroatoms. The Balaban J connectivity index is 2.08. The highest BCUT2D eigenvalue weighted by atomic mass is 79.9. The SMILES string of the molecule is C#Cc1cccc(NCc2ccccc2Br)c1. The van der Waals surface area contributed by atoms with E-state index in [1.807, 2.05) is 42.5 Å². The molecule has 2 rings (SSSR count). The van der Waals surface area contributed by atoms with Crippen molar-refractivity contribution in [3.63, 3.8) is 0 Å². The summed E-state index contributed by atoms with van der Waals surface area (Å²) in [6.07, 6.45) is 5.36. The van der Waals surface area contributed by atoms with Gasteiger partial charge in [-0.3, -0.25) is 0 Å². The van der Waals surface area contributed by atoms with Crippen LogP contribution in [-0.4, -0.2) is 0 Å². The molecule has 0 aliphatic heterocycles. The van der Waals surface area contributed by atoms with E-state index >= 15 is 0 Å². The summed E-state index contributed by atoms with van der Waals surface area (Å²) in [4.78, 5) is 0. The average molecular weight is 286 g/mol. The largest absolute Gasteiger partial charge is 0.381 e. The van der Waals surface area contributed by atoms with Gasteiger partial charge in [0.05, 0.1) is 0 Å². The molecule has 0 aliphatic carbocycles. The second-order valence-corrected chi connectivity index (χ2v) is 4.52. The molecule has 0 unspecified atom stereocenters. The molecule has 84 valence electrons. The van der Waals surface area contributed by atoms with Crippen molar-refractivity contribution in [2.24, 2.45) is 0 Å². The molecule has 0 aliphatic rings. The number of rotatable bonds is 3. The van der Waals surface area contributed by atoms with E-state index in [2.05, 4.69) is 33.2 Å². The highest BCUT2D eigenvalue weighted by Gasteiger charge is 1.98. The molecule has 0 saturated carbocycles. The van der Waals surface area contributed by atoms with Gasteiger partial charge in [0.15, 0.2) is 0 Å². The molecule has 0 heterocycles. The maximum absolute atomic E-state index is 5.36. The van der Waals surface area contributed by atoms with Gasteiger partial charge in [-0.15, -0.1) is 6.42 Å². The third-order valence-corrected chi connectivity index (χ3v) is 3.24. The number of terminal acetylenes is 1. The Morgan fingerprint density at radius 3 is 2.71 bits per heavy atom. The van der Waals surface area contributed by atoms with Crippen molar-refractivity contribution in [1.29, 1.82) is 0 Å². The van der Waals surface area contributed by atoms with E-state index in [0.717, 1.165) is 22.3 Å². The van der Waals surface area contributed by atoms with E-state index in [1.54, 1.807) is 0 Å². The molecular formula is C15H12BrN. The molecule has 0 saturated heterocycles. The van der Waals surface area contributed by atoms with Crippen molar-refractivity contribution >= 4 is 21.6 Å². The van der Waals surface area contributed by atoms with Crippen molar-refractivity contribution in [3.05, 3.63) is 64.1 Å². The molecule has 0 fully saturated rings. The van der Waals surface area contributed by atoms with Crippen LogP contribution in [0.1, 0.15) is 11.1 Å². The first-order valence-electron chi connectivity index (χ1n) is 5.33. The Kier molecular flexibility index (Phi) is 3.85. The van der Waals surface area contributed by atoms with Crippen LogP contribution in [0.4, 0.5) is 5.69 Å². The Morgan fingerprint density at radius 1 is 1.12 bits per heavy atom. The maximum atomic E-state index is 5.36. The molecule has 17 heavy (non-hydrogen) atoms. The molecular weight excluding hydrogens is 274 g/mol. The zero-order chi connectivity index (χ0) is 12.1. The second kappa shape index (κ2) is 5.56. The van der Waals surface area contributed by atoms with Crippen LogP contribution in [0.3, 0.4) is 0 Å². The standard InChI is InChI=1S/C15H12BrN/c1-2-12-6-5-8-14(10-12)17-11-13-7-3-4-9-15(13)16/h1,3-10,17H,11H2. The minimum absolute atomic E-state index is 0.773. The summed E-state index contributed by atoms with van der Waals surface area (Å²) >= 11 is 3.53. The van der Waals surface area contributed by atoms with Crippen molar-refractivity contribution < 1.29 is 0 Å². The van der Waals surface area contributed by atoms with Crippen LogP contribution in [0, 0.1) is 12.3 Å². The smallest absolute Gasteiger partial charge is 0.0411 e. The monoisotopic (exact) mass is 285 g/mol. The molecule has 2 aromatic carbocycles. The topological polar surface area (TPSA) is 12.0 Å². The summed E-state index contributed by atoms with van der Waals surface area (Å²) < 4.78 is 1.11. The van der Waals surface area contributed by atoms with Gasteiger partial charge in [0, 0.05) is 22.3 Å². The zero-order valence-electron chi connectivity index (χ0n) is 9.28. The second-order valence-electron chi connectivity index (χ2n) is 3.67. The van der Waals surface area contributed by atoms with Gasteiger partial charge < -0.3 is 5.32 Å². The molecule has 0 amide bonds. The van der Waals surface area contributed by atoms with Crippen LogP contribution >= 0.6 is 15.9 Å². The third kappa shape index (κ3) is 3.12. The first kappa shape index (κ1) is 11.8. The summed E-state index contributed by atoms with van der Waals surface area (Å²) in [7, 11) is 0. The maximum Gasteiger partial charge on any atom is 0.0411 e. The van der Waals surface area contributed by atoms with Gasteiger partial charge in [0.1, 0.15) is 0 Å².